The zero-order valence-corrected chi connectivity index (χ0v) is 11.9. The van der Waals surface area contributed by atoms with Gasteiger partial charge in [0.05, 0.1) is 0 Å². The van der Waals surface area contributed by atoms with Crippen LogP contribution in [0.25, 0.3) is 0 Å². The van der Waals surface area contributed by atoms with Crippen LogP contribution < -0.4 is 11.1 Å². The minimum absolute atomic E-state index is 0.114. The van der Waals surface area contributed by atoms with E-state index in [0.29, 0.717) is 11.3 Å². The molecule has 0 aliphatic heterocycles. The molecule has 3 N–H and O–H groups in total. The molecule has 3 heteroatoms. The molecule has 1 amide bonds. The smallest absolute Gasteiger partial charge is 0.255 e. The molecule has 0 heterocycles. The minimum atomic E-state index is -0.114. The topological polar surface area (TPSA) is 55.1 Å². The molecule has 0 aliphatic carbocycles. The Morgan fingerprint density at radius 3 is 2.45 bits per heavy atom. The number of nitrogen functional groups attached to an aromatic ring is 1. The largest absolute Gasteiger partial charge is 0.399 e. The zero-order valence-electron chi connectivity index (χ0n) is 11.9. The molecule has 3 nitrogen and oxygen atoms in total. The number of hydrogen-bond acceptors (Lipinski definition) is 2. The van der Waals surface area contributed by atoms with Gasteiger partial charge in [-0.25, -0.2) is 0 Å². The van der Waals surface area contributed by atoms with Crippen LogP contribution in [-0.2, 0) is 6.42 Å². The summed E-state index contributed by atoms with van der Waals surface area (Å²) in [6.45, 7) is 4.05. The van der Waals surface area contributed by atoms with Gasteiger partial charge in [-0.15, -0.1) is 0 Å². The number of aryl methyl sites for hydroxylation is 2. The standard InChI is InChI=1S/C17H20N2O/c1-3-4-13-5-8-15(9-6-13)19-17(20)14-7-10-16(18)12(2)11-14/h5-11H,3-4,18H2,1-2H3,(H,19,20). The Labute approximate surface area is 119 Å². The molecule has 2 rings (SSSR count). The third kappa shape index (κ3) is 3.38. The maximum absolute atomic E-state index is 12.1. The van der Waals surface area contributed by atoms with Gasteiger partial charge in [0.2, 0.25) is 0 Å². The third-order valence-corrected chi connectivity index (χ3v) is 3.28. The van der Waals surface area contributed by atoms with Crippen molar-refractivity contribution in [1.29, 1.82) is 0 Å². The second-order valence-electron chi connectivity index (χ2n) is 4.97. The summed E-state index contributed by atoms with van der Waals surface area (Å²) in [5, 5.41) is 2.89. The van der Waals surface area contributed by atoms with Gasteiger partial charge in [0.15, 0.2) is 0 Å². The second kappa shape index (κ2) is 6.24. The van der Waals surface area contributed by atoms with Crippen LogP contribution in [0, 0.1) is 6.92 Å². The first kappa shape index (κ1) is 14.1. The van der Waals surface area contributed by atoms with E-state index >= 15 is 0 Å². The molecule has 0 spiro atoms. The highest BCUT2D eigenvalue weighted by molar-refractivity contribution is 6.04. The fourth-order valence-corrected chi connectivity index (χ4v) is 2.06. The first-order valence-corrected chi connectivity index (χ1v) is 6.86. The van der Waals surface area contributed by atoms with Crippen LogP contribution in [0.4, 0.5) is 11.4 Å². The molecule has 20 heavy (non-hydrogen) atoms. The fraction of sp³-hybridized carbons (Fsp3) is 0.235. The average molecular weight is 268 g/mol. The van der Waals surface area contributed by atoms with Crippen molar-refractivity contribution in [3.05, 3.63) is 59.2 Å². The molecular formula is C17H20N2O. The Balaban J connectivity index is 2.08. The average Bonchev–Trinajstić information content (AvgIpc) is 2.44. The SMILES string of the molecule is CCCc1ccc(NC(=O)c2ccc(N)c(C)c2)cc1. The van der Waals surface area contributed by atoms with Crippen molar-refractivity contribution in [3.63, 3.8) is 0 Å². The summed E-state index contributed by atoms with van der Waals surface area (Å²) in [4.78, 5) is 12.1. The van der Waals surface area contributed by atoms with Gasteiger partial charge in [-0.3, -0.25) is 4.79 Å². The molecule has 0 aliphatic rings. The van der Waals surface area contributed by atoms with Crippen molar-refractivity contribution in [2.45, 2.75) is 26.7 Å². The minimum Gasteiger partial charge on any atom is -0.399 e. The van der Waals surface area contributed by atoms with E-state index in [1.165, 1.54) is 5.56 Å². The van der Waals surface area contributed by atoms with Crippen molar-refractivity contribution in [2.24, 2.45) is 0 Å². The fourth-order valence-electron chi connectivity index (χ4n) is 2.06. The van der Waals surface area contributed by atoms with Gasteiger partial charge < -0.3 is 11.1 Å². The number of nitrogens with two attached hydrogens (primary N) is 1. The van der Waals surface area contributed by atoms with Gasteiger partial charge in [0.1, 0.15) is 0 Å². The molecule has 0 aromatic heterocycles. The third-order valence-electron chi connectivity index (χ3n) is 3.28. The predicted molar refractivity (Wildman–Crippen MR) is 84.0 cm³/mol. The normalized spacial score (nSPS) is 10.3. The van der Waals surface area contributed by atoms with Gasteiger partial charge in [-0.05, 0) is 54.8 Å². The van der Waals surface area contributed by atoms with E-state index in [1.54, 1.807) is 18.2 Å². The molecule has 104 valence electrons. The van der Waals surface area contributed by atoms with Crippen LogP contribution in [0.15, 0.2) is 42.5 Å². The maximum Gasteiger partial charge on any atom is 0.255 e. The molecule has 2 aromatic rings. The number of nitrogens with one attached hydrogen (secondary N) is 1. The molecular weight excluding hydrogens is 248 g/mol. The van der Waals surface area contributed by atoms with Gasteiger partial charge >= 0.3 is 0 Å². The van der Waals surface area contributed by atoms with Gasteiger partial charge in [0.25, 0.3) is 5.91 Å². The Morgan fingerprint density at radius 1 is 1.15 bits per heavy atom. The predicted octanol–water partition coefficient (Wildman–Crippen LogP) is 3.78. The van der Waals surface area contributed by atoms with Crippen LogP contribution in [0.5, 0.6) is 0 Å². The quantitative estimate of drug-likeness (QED) is 0.829. The number of benzene rings is 2. The number of carbonyl (C=O) groups excluding carboxylic acids is 1. The van der Waals surface area contributed by atoms with Crippen LogP contribution in [0.2, 0.25) is 0 Å². The number of hydrogen-bond donors (Lipinski definition) is 2. The highest BCUT2D eigenvalue weighted by atomic mass is 16.1. The Morgan fingerprint density at radius 2 is 1.85 bits per heavy atom. The molecule has 0 radical (unpaired) electrons. The maximum atomic E-state index is 12.1. The highest BCUT2D eigenvalue weighted by Crippen LogP contribution is 2.16. The first-order chi connectivity index (χ1) is 9.60. The zero-order chi connectivity index (χ0) is 14.5. The lowest BCUT2D eigenvalue weighted by molar-refractivity contribution is 0.102. The Bertz CT molecular complexity index is 603. The van der Waals surface area contributed by atoms with Crippen LogP contribution >= 0.6 is 0 Å². The van der Waals surface area contributed by atoms with Crippen LogP contribution in [0.3, 0.4) is 0 Å². The molecule has 0 fully saturated rings. The summed E-state index contributed by atoms with van der Waals surface area (Å²) in [5.41, 5.74) is 10.1. The van der Waals surface area contributed by atoms with E-state index in [4.69, 9.17) is 5.73 Å². The van der Waals surface area contributed by atoms with Crippen molar-refractivity contribution < 1.29 is 4.79 Å². The van der Waals surface area contributed by atoms with E-state index in [0.717, 1.165) is 24.1 Å². The first-order valence-electron chi connectivity index (χ1n) is 6.86. The van der Waals surface area contributed by atoms with Gasteiger partial charge in [-0.1, -0.05) is 25.5 Å². The number of anilines is 2. The van der Waals surface area contributed by atoms with E-state index < -0.39 is 0 Å². The van der Waals surface area contributed by atoms with Crippen molar-refractivity contribution in [2.75, 3.05) is 11.1 Å². The van der Waals surface area contributed by atoms with E-state index in [-0.39, 0.29) is 5.91 Å². The molecule has 0 saturated heterocycles. The van der Waals surface area contributed by atoms with Crippen LogP contribution in [-0.4, -0.2) is 5.91 Å². The number of carbonyl (C=O) groups is 1. The van der Waals surface area contributed by atoms with Crippen molar-refractivity contribution in [1.82, 2.24) is 0 Å². The van der Waals surface area contributed by atoms with Gasteiger partial charge in [-0.2, -0.15) is 0 Å². The summed E-state index contributed by atoms with van der Waals surface area (Å²) < 4.78 is 0. The van der Waals surface area contributed by atoms with Crippen LogP contribution in [0.1, 0.15) is 34.8 Å². The summed E-state index contributed by atoms with van der Waals surface area (Å²) in [6, 6.07) is 13.3. The molecule has 2 aromatic carbocycles. The lowest BCUT2D eigenvalue weighted by atomic mass is 10.1. The summed E-state index contributed by atoms with van der Waals surface area (Å²) in [5.74, 6) is -0.114. The lowest BCUT2D eigenvalue weighted by Crippen LogP contribution is -2.12. The monoisotopic (exact) mass is 268 g/mol. The summed E-state index contributed by atoms with van der Waals surface area (Å²) >= 11 is 0. The lowest BCUT2D eigenvalue weighted by Gasteiger charge is -2.08. The highest BCUT2D eigenvalue weighted by Gasteiger charge is 2.07. The second-order valence-corrected chi connectivity index (χ2v) is 4.97. The van der Waals surface area contributed by atoms with Crippen molar-refractivity contribution in [3.8, 4) is 0 Å². The molecule has 0 unspecified atom stereocenters. The number of amides is 1. The van der Waals surface area contributed by atoms with E-state index in [1.807, 2.05) is 31.2 Å². The van der Waals surface area contributed by atoms with Gasteiger partial charge in [0, 0.05) is 16.9 Å². The Hall–Kier alpha value is -2.29. The molecule has 0 bridgehead atoms. The molecule has 0 saturated carbocycles. The van der Waals surface area contributed by atoms with Crippen molar-refractivity contribution >= 4 is 17.3 Å². The van der Waals surface area contributed by atoms with E-state index in [2.05, 4.69) is 12.2 Å². The molecule has 0 atom stereocenters. The Kier molecular flexibility index (Phi) is 4.41. The summed E-state index contributed by atoms with van der Waals surface area (Å²) in [6.07, 6.45) is 2.18. The summed E-state index contributed by atoms with van der Waals surface area (Å²) in [7, 11) is 0. The number of rotatable bonds is 4. The van der Waals surface area contributed by atoms with E-state index in [9.17, 15) is 4.79 Å².